The van der Waals surface area contributed by atoms with Crippen LogP contribution in [0.15, 0.2) is 12.2 Å². The second-order valence-corrected chi connectivity index (χ2v) is 4.29. The molecule has 0 nitrogen and oxygen atoms in total. The van der Waals surface area contributed by atoms with Gasteiger partial charge in [-0.05, 0) is 18.3 Å². The first-order valence-corrected chi connectivity index (χ1v) is 4.75. The molecule has 0 aromatic rings. The minimum atomic E-state index is 0. The molecule has 0 radical (unpaired) electrons. The zero-order valence-corrected chi connectivity index (χ0v) is 10.3. The van der Waals surface area contributed by atoms with Crippen molar-refractivity contribution in [1.82, 2.24) is 0 Å². The van der Waals surface area contributed by atoms with Crippen LogP contribution < -0.4 is 0 Å². The second-order valence-electron chi connectivity index (χ2n) is 4.29. The Morgan fingerprint density at radius 1 is 1.54 bits per heavy atom. The van der Waals surface area contributed by atoms with Crippen molar-refractivity contribution in [2.45, 2.75) is 46.5 Å². The van der Waals surface area contributed by atoms with E-state index in [0.717, 1.165) is 5.92 Å². The summed E-state index contributed by atoms with van der Waals surface area (Å²) in [6.07, 6.45) is 9.28. The summed E-state index contributed by atoms with van der Waals surface area (Å²) in [5.41, 5.74) is 2.01. The third kappa shape index (κ3) is 1.46. The molecule has 2 fully saturated rings. The maximum absolute atomic E-state index is 4.19. The van der Waals surface area contributed by atoms with Gasteiger partial charge in [0.25, 0.3) is 0 Å². The monoisotopic (exact) mass is 414 g/mol. The predicted octanol–water partition coefficient (Wildman–Crippen LogP) is 3.98. The van der Waals surface area contributed by atoms with E-state index in [9.17, 15) is 0 Å². The Bertz CT molecular complexity index is 186. The zero-order valence-electron chi connectivity index (χ0n) is 7.71. The summed E-state index contributed by atoms with van der Waals surface area (Å²) in [7, 11) is 0. The fourth-order valence-electron chi connectivity index (χ4n) is 2.72. The van der Waals surface area contributed by atoms with Crippen LogP contribution in [0.4, 0.5) is 0 Å². The van der Waals surface area contributed by atoms with Gasteiger partial charge in [0.15, 0.2) is 0 Å². The van der Waals surface area contributed by atoms with Crippen molar-refractivity contribution < 1.29 is 0 Å². The molecule has 2 saturated carbocycles. The predicted molar refractivity (Wildman–Crippen MR) is 54.9 cm³/mol. The van der Waals surface area contributed by atoms with Crippen LogP contribution in [0.5, 0.6) is 0 Å². The molecule has 0 spiro atoms. The standard InChI is InChI=1S/C11H17.CH4.Cf/c1-9-6-7-10-5-3-4-8-11(9,10)2;;/h5,10H,1,3-4,6-8H2,2H3;1H4;/q-1;;. The number of fused-ring (bicyclic) bond motifs is 1. The minimum absolute atomic E-state index is 0. The Hall–Kier alpha value is -1.26. The molecule has 0 saturated heterocycles. The van der Waals surface area contributed by atoms with Crippen molar-refractivity contribution >= 4 is 0 Å². The molecular formula is C12H21Cf-. The largest absolute Gasteiger partial charge is 0.325 e. The Balaban J connectivity index is 0.000000720. The molecule has 0 aromatic heterocycles. The number of allylic oxidation sites excluding steroid dienone is 1. The van der Waals surface area contributed by atoms with Gasteiger partial charge in [-0.25, -0.2) is 0 Å². The van der Waals surface area contributed by atoms with Gasteiger partial charge in [-0.3, -0.25) is 0 Å². The van der Waals surface area contributed by atoms with Crippen molar-refractivity contribution in [3.63, 3.8) is 0 Å². The van der Waals surface area contributed by atoms with E-state index in [2.05, 4.69) is 19.9 Å². The summed E-state index contributed by atoms with van der Waals surface area (Å²) in [4.78, 5) is 0. The average Bonchev–Trinajstić information content (AvgIpc) is 2.29. The molecule has 0 heterocycles. The van der Waals surface area contributed by atoms with Gasteiger partial charge in [-0.1, -0.05) is 39.3 Å². The third-order valence-corrected chi connectivity index (χ3v) is 3.73. The summed E-state index contributed by atoms with van der Waals surface area (Å²) >= 11 is 0. The molecule has 2 unspecified atom stereocenters. The van der Waals surface area contributed by atoms with E-state index >= 15 is 0 Å². The van der Waals surface area contributed by atoms with Crippen molar-refractivity contribution in [2.75, 3.05) is 0 Å². The van der Waals surface area contributed by atoms with E-state index in [0.29, 0.717) is 5.41 Å². The zero-order chi connectivity index (χ0) is 7.90. The van der Waals surface area contributed by atoms with E-state index < -0.39 is 0 Å². The van der Waals surface area contributed by atoms with Gasteiger partial charge in [0.05, 0.1) is 0 Å². The van der Waals surface area contributed by atoms with Gasteiger partial charge in [0.1, 0.15) is 0 Å². The van der Waals surface area contributed by atoms with Crippen LogP contribution in [-0.4, -0.2) is 0 Å². The Morgan fingerprint density at radius 3 is 2.85 bits per heavy atom. The Kier molecular flexibility index (Phi) is 3.28. The van der Waals surface area contributed by atoms with Gasteiger partial charge >= 0.3 is 0 Å². The molecule has 1 heteroatoms. The van der Waals surface area contributed by atoms with E-state index in [1.54, 1.807) is 0 Å². The van der Waals surface area contributed by atoms with E-state index in [1.165, 1.54) is 37.7 Å². The summed E-state index contributed by atoms with van der Waals surface area (Å²) in [6, 6.07) is 0. The molecule has 0 aliphatic heterocycles. The van der Waals surface area contributed by atoms with Gasteiger partial charge in [0.2, 0.25) is 0 Å². The van der Waals surface area contributed by atoms with Gasteiger partial charge in [0, 0.05) is 0 Å². The molecule has 0 bridgehead atoms. The summed E-state index contributed by atoms with van der Waals surface area (Å²) < 4.78 is 0. The molecule has 0 amide bonds. The molecule has 2 aliphatic rings. The van der Waals surface area contributed by atoms with Gasteiger partial charge in [-0.15, -0.1) is 0 Å². The van der Waals surface area contributed by atoms with Crippen LogP contribution in [0.25, 0.3) is 0 Å². The topological polar surface area (TPSA) is 0 Å². The van der Waals surface area contributed by atoms with E-state index in [1.807, 2.05) is 0 Å². The molecule has 2 rings (SSSR count). The summed E-state index contributed by atoms with van der Waals surface area (Å²) in [5.74, 6) is 0.865. The number of hydrogen-bond acceptors (Lipinski definition) is 0. The molecule has 13 heavy (non-hydrogen) atoms. The number of hydrogen-bond donors (Lipinski definition) is 0. The molecule has 80 valence electrons. The third-order valence-electron chi connectivity index (χ3n) is 3.73. The minimum Gasteiger partial charge on any atom is -0.325 e. The molecule has 2 aliphatic carbocycles. The van der Waals surface area contributed by atoms with Crippen molar-refractivity contribution in [3.8, 4) is 0 Å². The Morgan fingerprint density at radius 2 is 2.23 bits per heavy atom. The molecule has 2 atom stereocenters. The Labute approximate surface area is 77.1 Å². The first kappa shape index (κ1) is 11.7. The first-order chi connectivity index (χ1) is 5.23. The van der Waals surface area contributed by atoms with Crippen LogP contribution in [0.1, 0.15) is 46.5 Å². The number of rotatable bonds is 0. The fraction of sp³-hybridized carbons (Fsp3) is 0.750. The van der Waals surface area contributed by atoms with Gasteiger partial charge < -0.3 is 6.42 Å². The van der Waals surface area contributed by atoms with Crippen LogP contribution in [-0.2, 0) is 0 Å². The van der Waals surface area contributed by atoms with Crippen molar-refractivity contribution in [1.29, 1.82) is 0 Å². The van der Waals surface area contributed by atoms with Crippen LogP contribution in [0.3, 0.4) is 0 Å². The van der Waals surface area contributed by atoms with E-state index in [4.69, 9.17) is 0 Å². The smallest absolute Gasteiger partial charge is 0 e. The fourth-order valence-corrected chi connectivity index (χ4v) is 2.72. The average molecular weight is 416 g/mol. The first-order valence-electron chi connectivity index (χ1n) is 4.75. The normalized spacial score (nSPS) is 37.3. The van der Waals surface area contributed by atoms with Crippen LogP contribution in [0, 0.1) is 17.8 Å². The maximum Gasteiger partial charge on any atom is 0 e. The molecule has 0 aromatic carbocycles. The van der Waals surface area contributed by atoms with Crippen LogP contribution in [0.2, 0.25) is 0 Å². The molecular weight excluding hydrogens is 395 g/mol. The quantitative estimate of drug-likeness (QED) is 0.414. The SMILES string of the molecule is C.C=C1CCC2[CH-]CCCC12C.[Cf]. The maximum atomic E-state index is 4.19. The van der Waals surface area contributed by atoms with Crippen LogP contribution >= 0.6 is 0 Å². The van der Waals surface area contributed by atoms with E-state index in [-0.39, 0.29) is 7.43 Å². The van der Waals surface area contributed by atoms with Gasteiger partial charge in [-0.2, -0.15) is 12.3 Å². The second kappa shape index (κ2) is 3.64. The summed E-state index contributed by atoms with van der Waals surface area (Å²) in [5, 5.41) is 0. The summed E-state index contributed by atoms with van der Waals surface area (Å²) in [6.45, 7) is 6.60. The van der Waals surface area contributed by atoms with Crippen molar-refractivity contribution in [3.05, 3.63) is 18.6 Å². The van der Waals surface area contributed by atoms with Crippen molar-refractivity contribution in [2.24, 2.45) is 11.3 Å². The molecule has 0 N–H and O–H groups in total.